The highest BCUT2D eigenvalue weighted by molar-refractivity contribution is 6.32. The van der Waals surface area contributed by atoms with Crippen LogP contribution in [0.4, 0.5) is 0 Å². The quantitative estimate of drug-likeness (QED) is 0.592. The van der Waals surface area contributed by atoms with Crippen LogP contribution in [0.25, 0.3) is 0 Å². The van der Waals surface area contributed by atoms with Gasteiger partial charge >= 0.3 is 0 Å². The van der Waals surface area contributed by atoms with Crippen LogP contribution in [-0.2, 0) is 0 Å². The molecular formula is C9H11ClO. The summed E-state index contributed by atoms with van der Waals surface area (Å²) in [5, 5.41) is 9.98. The zero-order chi connectivity index (χ0) is 8.27. The number of aliphatic hydroxyl groups is 1. The van der Waals surface area contributed by atoms with Gasteiger partial charge in [0.05, 0.1) is 6.10 Å². The molecule has 0 radical (unpaired) electrons. The fraction of sp³-hybridized carbons (Fsp3) is 0.333. The monoisotopic (exact) mass is 170 g/mol. The molecule has 11 heavy (non-hydrogen) atoms. The van der Waals surface area contributed by atoms with Crippen molar-refractivity contribution in [3.05, 3.63) is 34.9 Å². The van der Waals surface area contributed by atoms with Gasteiger partial charge in [0.2, 0.25) is 0 Å². The van der Waals surface area contributed by atoms with Crippen LogP contribution in [0.3, 0.4) is 0 Å². The first-order chi connectivity index (χ1) is 5.20. The van der Waals surface area contributed by atoms with Crippen LogP contribution in [0.5, 0.6) is 0 Å². The molecule has 1 aliphatic carbocycles. The topological polar surface area (TPSA) is 20.2 Å². The van der Waals surface area contributed by atoms with Crippen molar-refractivity contribution in [3.63, 3.8) is 0 Å². The van der Waals surface area contributed by atoms with E-state index in [9.17, 15) is 5.11 Å². The van der Waals surface area contributed by atoms with Gasteiger partial charge in [-0.15, -0.1) is 0 Å². The largest absolute Gasteiger partial charge is 0.389 e. The van der Waals surface area contributed by atoms with Gasteiger partial charge in [0.1, 0.15) is 0 Å². The molecular weight excluding hydrogens is 160 g/mol. The molecule has 0 heterocycles. The zero-order valence-electron chi connectivity index (χ0n) is 6.42. The maximum absolute atomic E-state index is 9.29. The molecule has 0 aromatic rings. The average molecular weight is 171 g/mol. The minimum atomic E-state index is -0.395. The molecule has 0 aromatic heterocycles. The predicted molar refractivity (Wildman–Crippen MR) is 47.5 cm³/mol. The summed E-state index contributed by atoms with van der Waals surface area (Å²) in [5.74, 6) is 0. The summed E-state index contributed by atoms with van der Waals surface area (Å²) in [5.41, 5.74) is 0.934. The molecule has 0 aliphatic heterocycles. The van der Waals surface area contributed by atoms with E-state index in [1.54, 1.807) is 6.08 Å². The van der Waals surface area contributed by atoms with Crippen LogP contribution in [0.1, 0.15) is 13.3 Å². The SMILES string of the molecule is CC1=CC(O)C/C=C/C=C1Cl. The average Bonchev–Trinajstić information content (AvgIpc) is 1.95. The van der Waals surface area contributed by atoms with Gasteiger partial charge in [0.25, 0.3) is 0 Å². The van der Waals surface area contributed by atoms with Crippen molar-refractivity contribution >= 4 is 11.6 Å². The third-order valence-electron chi connectivity index (χ3n) is 1.58. The third-order valence-corrected chi connectivity index (χ3v) is 2.00. The fourth-order valence-corrected chi connectivity index (χ4v) is 1.07. The van der Waals surface area contributed by atoms with E-state index in [1.807, 2.05) is 25.2 Å². The molecule has 1 nitrogen and oxygen atoms in total. The number of hydrogen-bond acceptors (Lipinski definition) is 1. The number of allylic oxidation sites excluding steroid dienone is 4. The minimum Gasteiger partial charge on any atom is -0.389 e. The summed E-state index contributed by atoms with van der Waals surface area (Å²) >= 11 is 5.84. The lowest BCUT2D eigenvalue weighted by Crippen LogP contribution is -2.01. The van der Waals surface area contributed by atoms with E-state index in [0.717, 1.165) is 5.57 Å². The molecule has 2 heteroatoms. The molecule has 0 amide bonds. The Morgan fingerprint density at radius 2 is 2.36 bits per heavy atom. The summed E-state index contributed by atoms with van der Waals surface area (Å²) in [6.45, 7) is 1.89. The Labute approximate surface area is 71.7 Å². The normalized spacial score (nSPS) is 28.1. The smallest absolute Gasteiger partial charge is 0.0761 e. The van der Waals surface area contributed by atoms with Crippen LogP contribution in [0, 0.1) is 0 Å². The molecule has 1 unspecified atom stereocenters. The number of halogens is 1. The maximum Gasteiger partial charge on any atom is 0.0761 e. The highest BCUT2D eigenvalue weighted by Crippen LogP contribution is 2.17. The molecule has 0 saturated heterocycles. The molecule has 0 fully saturated rings. The Hall–Kier alpha value is -0.530. The first-order valence-corrected chi connectivity index (χ1v) is 3.97. The molecule has 0 aromatic carbocycles. The summed E-state index contributed by atoms with van der Waals surface area (Å²) in [7, 11) is 0. The van der Waals surface area contributed by atoms with Crippen molar-refractivity contribution in [2.24, 2.45) is 0 Å². The van der Waals surface area contributed by atoms with Crippen LogP contribution in [-0.4, -0.2) is 11.2 Å². The van der Waals surface area contributed by atoms with Crippen molar-refractivity contribution in [2.75, 3.05) is 0 Å². The van der Waals surface area contributed by atoms with Gasteiger partial charge in [-0.1, -0.05) is 29.8 Å². The second-order valence-corrected chi connectivity index (χ2v) is 3.00. The lowest BCUT2D eigenvalue weighted by Gasteiger charge is -2.06. The van der Waals surface area contributed by atoms with Crippen molar-refractivity contribution < 1.29 is 5.11 Å². The van der Waals surface area contributed by atoms with Crippen LogP contribution < -0.4 is 0 Å². The van der Waals surface area contributed by atoms with Gasteiger partial charge in [0, 0.05) is 5.03 Å². The lowest BCUT2D eigenvalue weighted by atomic mass is 10.1. The van der Waals surface area contributed by atoms with Crippen LogP contribution in [0.15, 0.2) is 34.9 Å². The predicted octanol–water partition coefficient (Wildman–Crippen LogP) is 2.38. The second kappa shape index (κ2) is 3.74. The van der Waals surface area contributed by atoms with Gasteiger partial charge < -0.3 is 5.11 Å². The standard InChI is InChI=1S/C9H11ClO/c1-7-6-8(11)4-2-3-5-9(7)10/h2-3,5-6,8,11H,4H2,1H3/b3-2+,7-6?,9-5?. The summed E-state index contributed by atoms with van der Waals surface area (Å²) in [6.07, 6.45) is 7.63. The van der Waals surface area contributed by atoms with Crippen molar-refractivity contribution in [1.29, 1.82) is 0 Å². The number of hydrogen-bond donors (Lipinski definition) is 1. The highest BCUT2D eigenvalue weighted by Gasteiger charge is 2.02. The first kappa shape index (κ1) is 8.57. The Balaban J connectivity index is 2.88. The van der Waals surface area contributed by atoms with Gasteiger partial charge in [-0.3, -0.25) is 0 Å². The van der Waals surface area contributed by atoms with E-state index in [-0.39, 0.29) is 0 Å². The van der Waals surface area contributed by atoms with Crippen molar-refractivity contribution in [2.45, 2.75) is 19.4 Å². The molecule has 1 N–H and O–H groups in total. The summed E-state index contributed by atoms with van der Waals surface area (Å²) < 4.78 is 0. The van der Waals surface area contributed by atoms with Gasteiger partial charge in [0.15, 0.2) is 0 Å². The van der Waals surface area contributed by atoms with Crippen LogP contribution >= 0.6 is 11.6 Å². The summed E-state index contributed by atoms with van der Waals surface area (Å²) in [4.78, 5) is 0. The molecule has 0 saturated carbocycles. The maximum atomic E-state index is 9.29. The lowest BCUT2D eigenvalue weighted by molar-refractivity contribution is 0.226. The Bertz CT molecular complexity index is 226. The third kappa shape index (κ3) is 2.52. The fourth-order valence-electron chi connectivity index (χ4n) is 0.938. The van der Waals surface area contributed by atoms with E-state index in [4.69, 9.17) is 11.6 Å². The molecule has 60 valence electrons. The van der Waals surface area contributed by atoms with Gasteiger partial charge in [-0.05, 0) is 25.0 Å². The summed E-state index contributed by atoms with van der Waals surface area (Å²) in [6, 6.07) is 0. The molecule has 1 atom stereocenters. The Morgan fingerprint density at radius 3 is 3.09 bits per heavy atom. The highest BCUT2D eigenvalue weighted by atomic mass is 35.5. The molecule has 1 rings (SSSR count). The van der Waals surface area contributed by atoms with E-state index < -0.39 is 6.10 Å². The second-order valence-electron chi connectivity index (χ2n) is 2.60. The first-order valence-electron chi connectivity index (χ1n) is 3.59. The Morgan fingerprint density at radius 1 is 1.64 bits per heavy atom. The van der Waals surface area contributed by atoms with Crippen molar-refractivity contribution in [1.82, 2.24) is 0 Å². The Kier molecular flexibility index (Phi) is 2.92. The minimum absolute atomic E-state index is 0.395. The van der Waals surface area contributed by atoms with E-state index in [1.165, 1.54) is 0 Å². The number of aliphatic hydroxyl groups excluding tert-OH is 1. The molecule has 0 bridgehead atoms. The van der Waals surface area contributed by atoms with Crippen LogP contribution in [0.2, 0.25) is 0 Å². The van der Waals surface area contributed by atoms with Crippen molar-refractivity contribution in [3.8, 4) is 0 Å². The van der Waals surface area contributed by atoms with Gasteiger partial charge in [-0.2, -0.15) is 0 Å². The van der Waals surface area contributed by atoms with E-state index >= 15 is 0 Å². The molecule has 1 aliphatic rings. The van der Waals surface area contributed by atoms with Gasteiger partial charge in [-0.25, -0.2) is 0 Å². The van der Waals surface area contributed by atoms with E-state index in [2.05, 4.69) is 0 Å². The number of rotatable bonds is 0. The van der Waals surface area contributed by atoms with E-state index in [0.29, 0.717) is 11.5 Å². The zero-order valence-corrected chi connectivity index (χ0v) is 7.17. The molecule has 0 spiro atoms.